The fourth-order valence-electron chi connectivity index (χ4n) is 1.69. The average Bonchev–Trinajstić information content (AvgIpc) is 2.75. The number of nitrogens with zero attached hydrogens (tertiary/aromatic N) is 1. The predicted molar refractivity (Wildman–Crippen MR) is 87.7 cm³/mol. The second kappa shape index (κ2) is 7.76. The number of halogens is 1. The van der Waals surface area contributed by atoms with Crippen LogP contribution in [0, 0.1) is 5.92 Å². The first-order valence-electron chi connectivity index (χ1n) is 7.12. The van der Waals surface area contributed by atoms with Gasteiger partial charge in [-0.1, -0.05) is 27.7 Å². The molecule has 1 aromatic heterocycles. The Morgan fingerprint density at radius 3 is 2.48 bits per heavy atom. The Hall–Kier alpha value is -0.370. The summed E-state index contributed by atoms with van der Waals surface area (Å²) in [6.45, 7) is 9.19. The standard InChI is InChI=1S/C14H25BrN2O3S/c1-10(2)6-7-17(5)21(18,19)13-8-12(20-14(13)15)9-16-11(3)4/h8,10-11,16H,6-7,9H2,1-5H3. The van der Waals surface area contributed by atoms with Gasteiger partial charge in [0.1, 0.15) is 10.7 Å². The van der Waals surface area contributed by atoms with Gasteiger partial charge in [0.25, 0.3) is 0 Å². The van der Waals surface area contributed by atoms with Gasteiger partial charge in [-0.05, 0) is 28.3 Å². The number of hydrogen-bond donors (Lipinski definition) is 1. The molecule has 1 aromatic rings. The topological polar surface area (TPSA) is 62.6 Å². The van der Waals surface area contributed by atoms with E-state index in [1.165, 1.54) is 4.31 Å². The van der Waals surface area contributed by atoms with Gasteiger partial charge < -0.3 is 9.73 Å². The van der Waals surface area contributed by atoms with Crippen LogP contribution >= 0.6 is 15.9 Å². The largest absolute Gasteiger partial charge is 0.452 e. The van der Waals surface area contributed by atoms with Gasteiger partial charge in [0, 0.05) is 25.7 Å². The number of furan rings is 1. The third-order valence-corrected chi connectivity index (χ3v) is 5.81. The summed E-state index contributed by atoms with van der Waals surface area (Å²) in [5.74, 6) is 1.06. The number of nitrogens with one attached hydrogen (secondary N) is 1. The molecule has 5 nitrogen and oxygen atoms in total. The van der Waals surface area contributed by atoms with Crippen molar-refractivity contribution in [3.05, 3.63) is 16.5 Å². The first kappa shape index (κ1) is 18.7. The zero-order valence-electron chi connectivity index (χ0n) is 13.3. The molecule has 0 unspecified atom stereocenters. The number of hydrogen-bond acceptors (Lipinski definition) is 4. The van der Waals surface area contributed by atoms with Crippen LogP contribution in [0.3, 0.4) is 0 Å². The number of rotatable bonds is 8. The maximum absolute atomic E-state index is 12.5. The minimum absolute atomic E-state index is 0.189. The molecule has 0 radical (unpaired) electrons. The molecule has 0 saturated heterocycles. The molecule has 0 atom stereocenters. The van der Waals surface area contributed by atoms with Gasteiger partial charge >= 0.3 is 0 Å². The molecule has 0 fully saturated rings. The normalized spacial score (nSPS) is 12.8. The summed E-state index contributed by atoms with van der Waals surface area (Å²) in [7, 11) is -1.92. The van der Waals surface area contributed by atoms with E-state index in [4.69, 9.17) is 4.42 Å². The van der Waals surface area contributed by atoms with Gasteiger partial charge in [0.05, 0.1) is 6.54 Å². The maximum Gasteiger partial charge on any atom is 0.247 e. The lowest BCUT2D eigenvalue weighted by atomic mass is 10.1. The smallest absolute Gasteiger partial charge is 0.247 e. The Balaban J connectivity index is 2.87. The summed E-state index contributed by atoms with van der Waals surface area (Å²) in [6, 6.07) is 1.89. The van der Waals surface area contributed by atoms with Crippen molar-refractivity contribution < 1.29 is 12.8 Å². The molecule has 0 aliphatic carbocycles. The minimum Gasteiger partial charge on any atom is -0.452 e. The Labute approximate surface area is 136 Å². The Bertz CT molecular complexity index is 553. The zero-order valence-corrected chi connectivity index (χ0v) is 15.7. The second-order valence-corrected chi connectivity index (χ2v) is 8.63. The van der Waals surface area contributed by atoms with Crippen molar-refractivity contribution in [3.8, 4) is 0 Å². The first-order valence-corrected chi connectivity index (χ1v) is 9.35. The van der Waals surface area contributed by atoms with Crippen LogP contribution in [0.25, 0.3) is 0 Å². The highest BCUT2D eigenvalue weighted by Crippen LogP contribution is 2.28. The molecule has 0 amide bonds. The molecule has 1 heterocycles. The second-order valence-electron chi connectivity index (χ2n) is 5.90. The maximum atomic E-state index is 12.5. The van der Waals surface area contributed by atoms with Crippen LogP contribution in [0.2, 0.25) is 0 Å². The van der Waals surface area contributed by atoms with Crippen molar-refractivity contribution in [2.45, 2.75) is 51.6 Å². The van der Waals surface area contributed by atoms with Crippen LogP contribution in [0.15, 0.2) is 20.0 Å². The molecule has 21 heavy (non-hydrogen) atoms. The molecule has 1 rings (SSSR count). The monoisotopic (exact) mass is 380 g/mol. The molecular weight excluding hydrogens is 356 g/mol. The third-order valence-electron chi connectivity index (χ3n) is 3.10. The van der Waals surface area contributed by atoms with Gasteiger partial charge in [-0.15, -0.1) is 0 Å². The molecule has 0 bridgehead atoms. The lowest BCUT2D eigenvalue weighted by Gasteiger charge is -2.17. The van der Waals surface area contributed by atoms with E-state index in [2.05, 4.69) is 35.1 Å². The molecule has 7 heteroatoms. The van der Waals surface area contributed by atoms with Crippen molar-refractivity contribution in [1.29, 1.82) is 0 Å². The molecular formula is C14H25BrN2O3S. The summed E-state index contributed by atoms with van der Waals surface area (Å²) >= 11 is 3.21. The summed E-state index contributed by atoms with van der Waals surface area (Å²) in [5, 5.41) is 3.20. The highest BCUT2D eigenvalue weighted by atomic mass is 79.9. The van der Waals surface area contributed by atoms with E-state index in [0.29, 0.717) is 30.8 Å². The van der Waals surface area contributed by atoms with Gasteiger partial charge in [-0.2, -0.15) is 0 Å². The molecule has 0 spiro atoms. The molecule has 0 aliphatic heterocycles. The van der Waals surface area contributed by atoms with Crippen molar-refractivity contribution in [3.63, 3.8) is 0 Å². The Morgan fingerprint density at radius 2 is 1.95 bits per heavy atom. The van der Waals surface area contributed by atoms with E-state index >= 15 is 0 Å². The van der Waals surface area contributed by atoms with Crippen molar-refractivity contribution in [2.24, 2.45) is 5.92 Å². The average molecular weight is 381 g/mol. The highest BCUT2D eigenvalue weighted by Gasteiger charge is 2.26. The zero-order chi connectivity index (χ0) is 16.2. The molecule has 0 aromatic carbocycles. The molecule has 0 saturated carbocycles. The van der Waals surface area contributed by atoms with Crippen molar-refractivity contribution in [2.75, 3.05) is 13.6 Å². The molecule has 0 aliphatic rings. The fraction of sp³-hybridized carbons (Fsp3) is 0.714. The van der Waals surface area contributed by atoms with Gasteiger partial charge in [0.2, 0.25) is 10.0 Å². The summed E-state index contributed by atoms with van der Waals surface area (Å²) < 4.78 is 32.2. The van der Waals surface area contributed by atoms with E-state index in [1.807, 2.05) is 13.8 Å². The van der Waals surface area contributed by atoms with Crippen LogP contribution in [-0.2, 0) is 16.6 Å². The molecule has 122 valence electrons. The van der Waals surface area contributed by atoms with E-state index in [-0.39, 0.29) is 9.56 Å². The van der Waals surface area contributed by atoms with Crippen LogP contribution < -0.4 is 5.32 Å². The number of sulfonamides is 1. The first-order chi connectivity index (χ1) is 9.64. The third kappa shape index (κ3) is 5.39. The summed E-state index contributed by atoms with van der Waals surface area (Å²) in [4.78, 5) is 0.189. The lowest BCUT2D eigenvalue weighted by Crippen LogP contribution is -2.28. The quantitative estimate of drug-likeness (QED) is 0.751. The summed E-state index contributed by atoms with van der Waals surface area (Å²) in [6.07, 6.45) is 0.826. The van der Waals surface area contributed by atoms with Crippen LogP contribution in [-0.4, -0.2) is 32.4 Å². The van der Waals surface area contributed by atoms with Crippen LogP contribution in [0.1, 0.15) is 39.9 Å². The van der Waals surface area contributed by atoms with E-state index in [9.17, 15) is 8.42 Å². The van der Waals surface area contributed by atoms with Crippen molar-refractivity contribution >= 4 is 26.0 Å². The highest BCUT2D eigenvalue weighted by molar-refractivity contribution is 9.10. The van der Waals surface area contributed by atoms with Crippen LogP contribution in [0.5, 0.6) is 0 Å². The predicted octanol–water partition coefficient (Wildman–Crippen LogP) is 3.21. The Morgan fingerprint density at radius 1 is 1.33 bits per heavy atom. The SMILES string of the molecule is CC(C)CCN(C)S(=O)(=O)c1cc(CNC(C)C)oc1Br. The van der Waals surface area contributed by atoms with Crippen LogP contribution in [0.4, 0.5) is 0 Å². The fourth-order valence-corrected chi connectivity index (χ4v) is 3.84. The van der Waals surface area contributed by atoms with Gasteiger partial charge in [-0.25, -0.2) is 12.7 Å². The Kier molecular flexibility index (Phi) is 6.90. The van der Waals surface area contributed by atoms with Gasteiger partial charge in [-0.3, -0.25) is 0 Å². The van der Waals surface area contributed by atoms with Gasteiger partial charge in [0.15, 0.2) is 4.67 Å². The van der Waals surface area contributed by atoms with Crippen molar-refractivity contribution in [1.82, 2.24) is 9.62 Å². The van der Waals surface area contributed by atoms with E-state index < -0.39 is 10.0 Å². The molecule has 1 N–H and O–H groups in total. The lowest BCUT2D eigenvalue weighted by molar-refractivity contribution is 0.424. The van der Waals surface area contributed by atoms with E-state index in [0.717, 1.165) is 6.42 Å². The van der Waals surface area contributed by atoms with E-state index in [1.54, 1.807) is 13.1 Å². The summed E-state index contributed by atoms with van der Waals surface area (Å²) in [5.41, 5.74) is 0. The minimum atomic E-state index is -3.52.